The third-order valence-electron chi connectivity index (χ3n) is 4.42. The molecule has 3 N–H and O–H groups in total. The van der Waals surface area contributed by atoms with Gasteiger partial charge in [-0.3, -0.25) is 0 Å². The lowest BCUT2D eigenvalue weighted by atomic mass is 9.97. The van der Waals surface area contributed by atoms with E-state index in [-0.39, 0.29) is 11.9 Å². The maximum absolute atomic E-state index is 12.5. The summed E-state index contributed by atoms with van der Waals surface area (Å²) < 4.78 is 24.2. The van der Waals surface area contributed by atoms with Crippen LogP contribution in [-0.4, -0.2) is 57.0 Å². The van der Waals surface area contributed by atoms with Crippen LogP contribution in [0.4, 0.5) is 4.79 Å². The van der Waals surface area contributed by atoms with Crippen molar-refractivity contribution in [1.29, 1.82) is 0 Å². The molecular formula is C13H26N4O3S. The third-order valence-corrected chi connectivity index (χ3v) is 4.99. The first kappa shape index (κ1) is 16.5. The molecule has 0 aromatic carbocycles. The Kier molecular flexibility index (Phi) is 5.45. The molecule has 0 bridgehead atoms. The van der Waals surface area contributed by atoms with Gasteiger partial charge in [0.25, 0.3) is 10.2 Å². The van der Waals surface area contributed by atoms with E-state index in [9.17, 15) is 13.2 Å². The van der Waals surface area contributed by atoms with Gasteiger partial charge in [0.2, 0.25) is 0 Å². The van der Waals surface area contributed by atoms with Gasteiger partial charge in [-0.2, -0.15) is 8.42 Å². The second kappa shape index (κ2) is 6.93. The van der Waals surface area contributed by atoms with Gasteiger partial charge in [-0.15, -0.1) is 0 Å². The summed E-state index contributed by atoms with van der Waals surface area (Å²) in [4.78, 5) is 16.3. The largest absolute Gasteiger partial charge is 0.325 e. The summed E-state index contributed by atoms with van der Waals surface area (Å²) in [5, 5.41) is 4.95. The minimum absolute atomic E-state index is 0.0993. The van der Waals surface area contributed by atoms with Crippen molar-refractivity contribution in [2.45, 2.75) is 32.6 Å². The molecule has 2 fully saturated rings. The molecule has 0 spiro atoms. The average Bonchev–Trinajstić information content (AvgIpc) is 2.45. The molecule has 0 aliphatic carbocycles. The van der Waals surface area contributed by atoms with Crippen molar-refractivity contribution in [3.63, 3.8) is 0 Å². The summed E-state index contributed by atoms with van der Waals surface area (Å²) in [5.41, 5.74) is 0. The molecule has 8 heteroatoms. The number of hydrogen-bond acceptors (Lipinski definition) is 3. The Morgan fingerprint density at radius 3 is 2.48 bits per heavy atom. The zero-order valence-electron chi connectivity index (χ0n) is 12.6. The molecule has 1 atom stereocenters. The Morgan fingerprint density at radius 1 is 1.19 bits per heavy atom. The topological polar surface area (TPSA) is 95.7 Å². The minimum Gasteiger partial charge on any atom is -0.325 e. The normalized spacial score (nSPS) is 25.1. The molecule has 2 aliphatic rings. The van der Waals surface area contributed by atoms with Crippen molar-refractivity contribution in [3.05, 3.63) is 0 Å². The highest BCUT2D eigenvalue weighted by atomic mass is 32.2. The second-order valence-electron chi connectivity index (χ2n) is 6.30. The number of nitrogens with zero attached hydrogens (tertiary/aromatic N) is 2. The molecule has 0 aromatic heterocycles. The zero-order chi connectivity index (χ0) is 15.5. The van der Waals surface area contributed by atoms with E-state index in [0.29, 0.717) is 19.0 Å². The minimum atomic E-state index is -3.65. The van der Waals surface area contributed by atoms with E-state index in [0.717, 1.165) is 45.3 Å². The number of piperidine rings is 2. The molecule has 122 valence electrons. The number of nitrogens with one attached hydrogen (secondary N) is 1. The molecule has 2 amide bonds. The quantitative estimate of drug-likeness (QED) is 0.785. The number of likely N-dealkylation sites (tertiary alicyclic amines) is 2. The van der Waals surface area contributed by atoms with E-state index in [1.54, 1.807) is 0 Å². The monoisotopic (exact) mass is 318 g/mol. The van der Waals surface area contributed by atoms with Crippen LogP contribution in [0.15, 0.2) is 0 Å². The van der Waals surface area contributed by atoms with Crippen LogP contribution >= 0.6 is 0 Å². The standard InChI is InChI=1S/C13H26N4O3S/c1-11-4-7-16(8-5-11)13(18)17-6-2-3-12(10-17)9-15-21(14,19)20/h11-12,15H,2-10H2,1H3,(H2,14,19,20). The van der Waals surface area contributed by atoms with Crippen LogP contribution in [0, 0.1) is 11.8 Å². The van der Waals surface area contributed by atoms with Gasteiger partial charge in [-0.1, -0.05) is 6.92 Å². The van der Waals surface area contributed by atoms with E-state index in [4.69, 9.17) is 5.14 Å². The van der Waals surface area contributed by atoms with Crippen molar-refractivity contribution in [2.75, 3.05) is 32.7 Å². The highest BCUT2D eigenvalue weighted by molar-refractivity contribution is 7.87. The Labute approximate surface area is 127 Å². The number of hydrogen-bond donors (Lipinski definition) is 2. The number of amides is 2. The summed E-state index contributed by atoms with van der Waals surface area (Å²) in [6.07, 6.45) is 3.96. The van der Waals surface area contributed by atoms with E-state index >= 15 is 0 Å². The summed E-state index contributed by atoms with van der Waals surface area (Å²) in [6, 6.07) is 0.0993. The number of carbonyl (C=O) groups is 1. The molecule has 2 rings (SSSR count). The molecule has 7 nitrogen and oxygen atoms in total. The van der Waals surface area contributed by atoms with E-state index in [1.165, 1.54) is 0 Å². The van der Waals surface area contributed by atoms with Crippen LogP contribution in [0.2, 0.25) is 0 Å². The van der Waals surface area contributed by atoms with Crippen LogP contribution in [0.1, 0.15) is 32.6 Å². The molecule has 0 saturated carbocycles. The van der Waals surface area contributed by atoms with Crippen LogP contribution in [0.25, 0.3) is 0 Å². The lowest BCUT2D eigenvalue weighted by Gasteiger charge is -2.38. The average molecular weight is 318 g/mol. The summed E-state index contributed by atoms with van der Waals surface area (Å²) in [6.45, 7) is 5.55. The number of rotatable bonds is 3. The van der Waals surface area contributed by atoms with Crippen LogP contribution < -0.4 is 9.86 Å². The summed E-state index contributed by atoms with van der Waals surface area (Å²) in [7, 11) is -3.65. The van der Waals surface area contributed by atoms with Gasteiger partial charge >= 0.3 is 6.03 Å². The van der Waals surface area contributed by atoms with Gasteiger partial charge in [0.05, 0.1) is 0 Å². The van der Waals surface area contributed by atoms with Crippen molar-refractivity contribution in [2.24, 2.45) is 17.0 Å². The molecule has 2 saturated heterocycles. The molecule has 1 unspecified atom stereocenters. The first-order valence-electron chi connectivity index (χ1n) is 7.66. The second-order valence-corrected chi connectivity index (χ2v) is 7.68. The fraction of sp³-hybridized carbons (Fsp3) is 0.923. The highest BCUT2D eigenvalue weighted by Gasteiger charge is 2.29. The lowest BCUT2D eigenvalue weighted by molar-refractivity contribution is 0.115. The smallest absolute Gasteiger partial charge is 0.320 e. The van der Waals surface area contributed by atoms with Crippen LogP contribution in [0.3, 0.4) is 0 Å². The van der Waals surface area contributed by atoms with Crippen molar-refractivity contribution in [1.82, 2.24) is 14.5 Å². The van der Waals surface area contributed by atoms with Gasteiger partial charge in [0.15, 0.2) is 0 Å². The van der Waals surface area contributed by atoms with Crippen molar-refractivity contribution in [3.8, 4) is 0 Å². The molecule has 2 aliphatic heterocycles. The molecule has 0 radical (unpaired) electrons. The molecule has 2 heterocycles. The molecule has 21 heavy (non-hydrogen) atoms. The summed E-state index contributed by atoms with van der Waals surface area (Å²) >= 11 is 0. The molecular weight excluding hydrogens is 292 g/mol. The lowest BCUT2D eigenvalue weighted by Crippen LogP contribution is -2.51. The zero-order valence-corrected chi connectivity index (χ0v) is 13.4. The maximum Gasteiger partial charge on any atom is 0.320 e. The van der Waals surface area contributed by atoms with Gasteiger partial charge in [-0.05, 0) is 37.5 Å². The van der Waals surface area contributed by atoms with E-state index in [2.05, 4.69) is 11.6 Å². The van der Waals surface area contributed by atoms with Crippen LogP contribution in [0.5, 0.6) is 0 Å². The predicted molar refractivity (Wildman–Crippen MR) is 80.8 cm³/mol. The Morgan fingerprint density at radius 2 is 1.86 bits per heavy atom. The Bertz CT molecular complexity index is 460. The van der Waals surface area contributed by atoms with Gasteiger partial charge in [0, 0.05) is 32.7 Å². The fourth-order valence-corrected chi connectivity index (χ4v) is 3.51. The van der Waals surface area contributed by atoms with Gasteiger partial charge in [0.1, 0.15) is 0 Å². The van der Waals surface area contributed by atoms with Crippen molar-refractivity contribution < 1.29 is 13.2 Å². The van der Waals surface area contributed by atoms with E-state index < -0.39 is 10.2 Å². The highest BCUT2D eigenvalue weighted by Crippen LogP contribution is 2.21. The maximum atomic E-state index is 12.5. The van der Waals surface area contributed by atoms with Crippen LogP contribution in [-0.2, 0) is 10.2 Å². The Hall–Kier alpha value is -0.860. The number of nitrogens with two attached hydrogens (primary N) is 1. The van der Waals surface area contributed by atoms with Crippen molar-refractivity contribution >= 4 is 16.2 Å². The first-order valence-corrected chi connectivity index (χ1v) is 9.21. The number of carbonyl (C=O) groups excluding carboxylic acids is 1. The van der Waals surface area contributed by atoms with Gasteiger partial charge < -0.3 is 9.80 Å². The third kappa shape index (κ3) is 5.12. The molecule has 0 aromatic rings. The fourth-order valence-electron chi connectivity index (χ4n) is 3.04. The first-order chi connectivity index (χ1) is 9.85. The number of urea groups is 1. The SMILES string of the molecule is CC1CCN(C(=O)N2CCCC(CNS(N)(=O)=O)C2)CC1. The Balaban J connectivity index is 1.84. The summed E-state index contributed by atoms with van der Waals surface area (Å²) in [5.74, 6) is 0.840. The van der Waals surface area contributed by atoms with E-state index in [1.807, 2.05) is 9.80 Å². The van der Waals surface area contributed by atoms with Gasteiger partial charge in [-0.25, -0.2) is 14.7 Å². The predicted octanol–water partition coefficient (Wildman–Crippen LogP) is 0.343.